The molecule has 2 aromatic carbocycles. The molecular weight excluding hydrogens is 387 g/mol. The van der Waals surface area contributed by atoms with Crippen molar-refractivity contribution in [2.75, 3.05) is 13.7 Å². The van der Waals surface area contributed by atoms with E-state index in [0.717, 1.165) is 11.8 Å². The number of para-hydroxylation sites is 1. The van der Waals surface area contributed by atoms with Crippen LogP contribution >= 0.6 is 11.8 Å². The smallest absolute Gasteiger partial charge is 0.341 e. The Labute approximate surface area is 163 Å². The predicted octanol–water partition coefficient (Wildman–Crippen LogP) is 3.19. The lowest BCUT2D eigenvalue weighted by Crippen LogP contribution is -2.19. The van der Waals surface area contributed by atoms with Crippen LogP contribution in [0.3, 0.4) is 0 Å². The van der Waals surface area contributed by atoms with Crippen LogP contribution in [0, 0.1) is 5.82 Å². The monoisotopic (exact) mass is 402 g/mol. The Bertz CT molecular complexity index is 990. The number of amides is 1. The van der Waals surface area contributed by atoms with Crippen molar-refractivity contribution in [2.24, 2.45) is 4.99 Å². The maximum Gasteiger partial charge on any atom is 0.341 e. The second-order valence-corrected chi connectivity index (χ2v) is 6.56. The third-order valence-corrected chi connectivity index (χ3v) is 4.47. The van der Waals surface area contributed by atoms with Crippen molar-refractivity contribution in [3.8, 4) is 11.5 Å². The van der Waals surface area contributed by atoms with Crippen molar-refractivity contribution < 1.29 is 28.6 Å². The average molecular weight is 402 g/mol. The minimum absolute atomic E-state index is 0.133. The number of methoxy groups -OCH3 is 1. The minimum atomic E-state index is -1.10. The molecule has 3 rings (SSSR count). The number of hydrogen-bond donors (Lipinski definition) is 2. The molecule has 0 aromatic heterocycles. The number of nitrogens with one attached hydrogen (secondary N) is 1. The number of nitrogens with zero attached hydrogens (tertiary/aromatic N) is 1. The highest BCUT2D eigenvalue weighted by Crippen LogP contribution is 2.32. The predicted molar refractivity (Wildman–Crippen MR) is 103 cm³/mol. The van der Waals surface area contributed by atoms with Gasteiger partial charge < -0.3 is 19.9 Å². The Hall–Kier alpha value is -3.33. The zero-order valence-corrected chi connectivity index (χ0v) is 15.5. The third kappa shape index (κ3) is 4.68. The molecule has 1 aliphatic rings. The molecule has 0 aliphatic carbocycles. The van der Waals surface area contributed by atoms with Crippen molar-refractivity contribution in [1.82, 2.24) is 5.32 Å². The van der Waals surface area contributed by atoms with E-state index < -0.39 is 18.4 Å². The summed E-state index contributed by atoms with van der Waals surface area (Å²) >= 11 is 1.08. The number of carboxylic acids is 1. The average Bonchev–Trinajstić information content (AvgIpc) is 3.01. The van der Waals surface area contributed by atoms with Gasteiger partial charge in [-0.2, -0.15) is 0 Å². The highest BCUT2D eigenvalue weighted by atomic mass is 32.2. The van der Waals surface area contributed by atoms with Gasteiger partial charge in [-0.15, -0.1) is 0 Å². The first-order valence-electron chi connectivity index (χ1n) is 8.03. The summed E-state index contributed by atoms with van der Waals surface area (Å²) in [6.07, 6.45) is 1.62. The number of carbonyl (C=O) groups excluding carboxylic acids is 1. The van der Waals surface area contributed by atoms with Crippen molar-refractivity contribution >= 4 is 40.6 Å². The van der Waals surface area contributed by atoms with Gasteiger partial charge in [0.25, 0.3) is 5.91 Å². The second kappa shape index (κ2) is 8.57. The van der Waals surface area contributed by atoms with E-state index in [1.165, 1.54) is 19.2 Å². The van der Waals surface area contributed by atoms with E-state index in [4.69, 9.17) is 14.6 Å². The number of aliphatic carboxylic acids is 1. The quantitative estimate of drug-likeness (QED) is 0.721. The largest absolute Gasteiger partial charge is 0.493 e. The lowest BCUT2D eigenvalue weighted by Gasteiger charge is -2.09. The van der Waals surface area contributed by atoms with E-state index in [-0.39, 0.29) is 22.5 Å². The van der Waals surface area contributed by atoms with Crippen LogP contribution in [-0.2, 0) is 9.59 Å². The minimum Gasteiger partial charge on any atom is -0.493 e. The molecule has 1 aliphatic heterocycles. The molecule has 9 heteroatoms. The summed E-state index contributed by atoms with van der Waals surface area (Å²) in [6.45, 7) is -0.495. The van der Waals surface area contributed by atoms with E-state index >= 15 is 0 Å². The molecule has 28 heavy (non-hydrogen) atoms. The van der Waals surface area contributed by atoms with Crippen molar-refractivity contribution in [3.05, 3.63) is 58.8 Å². The first-order chi connectivity index (χ1) is 13.5. The van der Waals surface area contributed by atoms with Crippen molar-refractivity contribution in [1.29, 1.82) is 0 Å². The highest BCUT2D eigenvalue weighted by Gasteiger charge is 2.24. The summed E-state index contributed by atoms with van der Waals surface area (Å²) in [5, 5.41) is 11.6. The maximum atomic E-state index is 13.7. The first-order valence-corrected chi connectivity index (χ1v) is 8.84. The molecule has 2 N–H and O–H groups in total. The molecule has 1 fully saturated rings. The van der Waals surface area contributed by atoms with Gasteiger partial charge in [0.2, 0.25) is 0 Å². The highest BCUT2D eigenvalue weighted by molar-refractivity contribution is 8.18. The lowest BCUT2D eigenvalue weighted by molar-refractivity contribution is -0.139. The molecule has 1 saturated heterocycles. The normalized spacial score (nSPS) is 16.3. The van der Waals surface area contributed by atoms with Gasteiger partial charge in [0.1, 0.15) is 11.5 Å². The molecule has 1 amide bonds. The van der Waals surface area contributed by atoms with E-state index in [2.05, 4.69) is 10.3 Å². The molecule has 2 aromatic rings. The Morgan fingerprint density at radius 2 is 2.07 bits per heavy atom. The first kappa shape index (κ1) is 19.4. The molecule has 0 atom stereocenters. The van der Waals surface area contributed by atoms with E-state index in [9.17, 15) is 14.0 Å². The fourth-order valence-corrected chi connectivity index (χ4v) is 3.15. The molecule has 0 unspecified atom stereocenters. The summed E-state index contributed by atoms with van der Waals surface area (Å²) in [6, 6.07) is 10.8. The van der Waals surface area contributed by atoms with Gasteiger partial charge in [-0.25, -0.2) is 14.2 Å². The summed E-state index contributed by atoms with van der Waals surface area (Å²) < 4.78 is 24.1. The van der Waals surface area contributed by atoms with Crippen LogP contribution in [0.15, 0.2) is 52.4 Å². The van der Waals surface area contributed by atoms with Crippen LogP contribution in [0.5, 0.6) is 11.5 Å². The van der Waals surface area contributed by atoms with Crippen LogP contribution in [0.4, 0.5) is 10.1 Å². The van der Waals surface area contributed by atoms with Crippen LogP contribution in [0.2, 0.25) is 0 Å². The van der Waals surface area contributed by atoms with Crippen LogP contribution in [0.25, 0.3) is 6.08 Å². The van der Waals surface area contributed by atoms with Crippen LogP contribution < -0.4 is 14.8 Å². The fraction of sp³-hybridized carbons (Fsp3) is 0.105. The number of aliphatic imine (C=N–C) groups is 1. The molecule has 0 bridgehead atoms. The molecule has 144 valence electrons. The number of carboxylic acid groups (broad SMARTS) is 1. The number of halogens is 1. The Morgan fingerprint density at radius 3 is 2.79 bits per heavy atom. The Morgan fingerprint density at radius 1 is 1.29 bits per heavy atom. The fourth-order valence-electron chi connectivity index (χ4n) is 2.32. The zero-order valence-electron chi connectivity index (χ0n) is 14.6. The third-order valence-electron chi connectivity index (χ3n) is 3.56. The van der Waals surface area contributed by atoms with Gasteiger partial charge in [0.15, 0.2) is 23.3 Å². The van der Waals surface area contributed by atoms with Gasteiger partial charge in [-0.1, -0.05) is 18.2 Å². The van der Waals surface area contributed by atoms with Crippen LogP contribution in [0.1, 0.15) is 5.56 Å². The SMILES string of the molecule is COc1cc(C=C2SC(=Nc3ccccc3F)NC2=O)ccc1OCC(=O)O. The Balaban J connectivity index is 1.80. The van der Waals surface area contributed by atoms with Gasteiger partial charge >= 0.3 is 5.97 Å². The Kier molecular flexibility index (Phi) is 5.95. The number of ether oxygens (including phenoxy) is 2. The molecule has 1 heterocycles. The maximum absolute atomic E-state index is 13.7. The van der Waals surface area contributed by atoms with Gasteiger partial charge in [0.05, 0.1) is 12.0 Å². The number of thioether (sulfide) groups is 1. The summed E-state index contributed by atoms with van der Waals surface area (Å²) in [5.74, 6) is -1.33. The van der Waals surface area contributed by atoms with Crippen molar-refractivity contribution in [2.45, 2.75) is 0 Å². The van der Waals surface area contributed by atoms with Gasteiger partial charge in [0, 0.05) is 0 Å². The number of rotatable bonds is 6. The zero-order chi connectivity index (χ0) is 20.1. The van der Waals surface area contributed by atoms with E-state index in [0.29, 0.717) is 16.2 Å². The van der Waals surface area contributed by atoms with E-state index in [1.54, 1.807) is 36.4 Å². The van der Waals surface area contributed by atoms with Gasteiger partial charge in [-0.3, -0.25) is 4.79 Å². The molecule has 0 saturated carbocycles. The number of carbonyl (C=O) groups is 2. The molecule has 7 nitrogen and oxygen atoms in total. The summed E-state index contributed by atoms with van der Waals surface area (Å²) in [5.41, 5.74) is 0.775. The topological polar surface area (TPSA) is 97.2 Å². The second-order valence-electron chi connectivity index (χ2n) is 5.53. The molecule has 0 radical (unpaired) electrons. The summed E-state index contributed by atoms with van der Waals surface area (Å²) in [4.78, 5) is 27.3. The lowest BCUT2D eigenvalue weighted by atomic mass is 10.2. The standard InChI is InChI=1S/C19H15FN2O5S/c1-26-15-8-11(6-7-14(15)27-10-17(23)24)9-16-18(25)22-19(28-16)21-13-5-3-2-4-12(13)20/h2-9H,10H2,1H3,(H,23,24)(H,21,22,25). The van der Waals surface area contributed by atoms with Gasteiger partial charge in [-0.05, 0) is 47.7 Å². The van der Waals surface area contributed by atoms with Crippen molar-refractivity contribution in [3.63, 3.8) is 0 Å². The number of benzene rings is 2. The number of hydrogen-bond acceptors (Lipinski definition) is 6. The van der Waals surface area contributed by atoms with Crippen LogP contribution in [-0.4, -0.2) is 35.9 Å². The number of amidine groups is 1. The summed E-state index contributed by atoms with van der Waals surface area (Å²) in [7, 11) is 1.43. The molecular formula is C19H15FN2O5S. The molecule has 0 spiro atoms. The van der Waals surface area contributed by atoms with E-state index in [1.807, 2.05) is 0 Å².